The van der Waals surface area contributed by atoms with E-state index < -0.39 is 17.8 Å². The van der Waals surface area contributed by atoms with E-state index >= 15 is 0 Å². The monoisotopic (exact) mass is 475 g/mol. The molecule has 35 heavy (non-hydrogen) atoms. The van der Waals surface area contributed by atoms with E-state index in [0.717, 1.165) is 23.4 Å². The van der Waals surface area contributed by atoms with Gasteiger partial charge in [0.1, 0.15) is 30.5 Å². The number of allylic oxidation sites excluding steroid dienone is 1. The molecule has 0 spiro atoms. The minimum absolute atomic E-state index is 0.0999. The third kappa shape index (κ3) is 5.64. The first-order valence-electron chi connectivity index (χ1n) is 12.2. The summed E-state index contributed by atoms with van der Waals surface area (Å²) in [6, 6.07) is 17.0. The number of esters is 1. The molecule has 2 aromatic carbocycles. The van der Waals surface area contributed by atoms with Gasteiger partial charge in [-0.1, -0.05) is 44.2 Å². The van der Waals surface area contributed by atoms with Gasteiger partial charge >= 0.3 is 5.97 Å². The van der Waals surface area contributed by atoms with Crippen LogP contribution in [-0.2, 0) is 14.3 Å². The molecule has 1 aliphatic heterocycles. The molecule has 184 valence electrons. The van der Waals surface area contributed by atoms with Gasteiger partial charge in [0.05, 0.1) is 18.1 Å². The maximum Gasteiger partial charge on any atom is 0.336 e. The van der Waals surface area contributed by atoms with E-state index in [1.807, 2.05) is 68.4 Å². The standard InChI is InChI=1S/C29H33NO5/c1-5-33-22-13-11-20(12-14-22)26-25(28(32)35-16-15-34-21-9-7-6-8-10-21)19(2)30-23-17-29(3,4)18-24(31)27(23)26/h6-14,26-27H,5,15-18H2,1-4H3/t26-,27?/m1/s1. The van der Waals surface area contributed by atoms with Crippen LogP contribution >= 0.6 is 0 Å². The molecule has 1 aliphatic carbocycles. The molecule has 0 N–H and O–H groups in total. The topological polar surface area (TPSA) is 74.2 Å². The number of para-hydroxylation sites is 1. The zero-order valence-electron chi connectivity index (χ0n) is 20.9. The van der Waals surface area contributed by atoms with Crippen LogP contribution in [0.2, 0.25) is 0 Å². The molecular formula is C29H33NO5. The predicted octanol–water partition coefficient (Wildman–Crippen LogP) is 5.53. The van der Waals surface area contributed by atoms with E-state index in [1.165, 1.54) is 0 Å². The number of ether oxygens (including phenoxy) is 3. The number of ketones is 1. The molecule has 1 unspecified atom stereocenters. The van der Waals surface area contributed by atoms with Gasteiger partial charge in [-0.3, -0.25) is 9.79 Å². The molecule has 6 nitrogen and oxygen atoms in total. The van der Waals surface area contributed by atoms with Crippen molar-refractivity contribution < 1.29 is 23.8 Å². The first kappa shape index (κ1) is 24.7. The molecular weight excluding hydrogens is 442 g/mol. The van der Waals surface area contributed by atoms with Crippen LogP contribution in [0.5, 0.6) is 11.5 Å². The largest absolute Gasteiger partial charge is 0.494 e. The Balaban J connectivity index is 1.60. The highest BCUT2D eigenvalue weighted by atomic mass is 16.6. The minimum Gasteiger partial charge on any atom is -0.494 e. The first-order valence-corrected chi connectivity index (χ1v) is 12.2. The lowest BCUT2D eigenvalue weighted by Crippen LogP contribution is -2.44. The molecule has 4 rings (SSSR count). The van der Waals surface area contributed by atoms with Crippen LogP contribution in [0, 0.1) is 11.3 Å². The minimum atomic E-state index is -0.465. The van der Waals surface area contributed by atoms with E-state index in [2.05, 4.69) is 13.8 Å². The van der Waals surface area contributed by atoms with Gasteiger partial charge in [-0.05, 0) is 55.5 Å². The lowest BCUT2D eigenvalue weighted by Gasteiger charge is -2.41. The van der Waals surface area contributed by atoms with Gasteiger partial charge in [-0.25, -0.2) is 4.79 Å². The lowest BCUT2D eigenvalue weighted by molar-refractivity contribution is -0.140. The molecule has 0 amide bonds. The van der Waals surface area contributed by atoms with Crippen LogP contribution in [-0.4, -0.2) is 37.3 Å². The number of aliphatic imine (C=N–C) groups is 1. The van der Waals surface area contributed by atoms with E-state index in [0.29, 0.717) is 30.0 Å². The van der Waals surface area contributed by atoms with E-state index in [4.69, 9.17) is 19.2 Å². The zero-order chi connectivity index (χ0) is 25.0. The fraction of sp³-hybridized carbons (Fsp3) is 0.414. The number of benzene rings is 2. The van der Waals surface area contributed by atoms with Crippen LogP contribution in [0.25, 0.3) is 0 Å². The molecule has 2 aliphatic rings. The Morgan fingerprint density at radius 3 is 2.31 bits per heavy atom. The predicted molar refractivity (Wildman–Crippen MR) is 135 cm³/mol. The number of fused-ring (bicyclic) bond motifs is 1. The molecule has 1 fully saturated rings. The van der Waals surface area contributed by atoms with Crippen molar-refractivity contribution in [3.8, 4) is 11.5 Å². The Bertz CT molecular complexity index is 1130. The molecule has 2 aromatic rings. The van der Waals surface area contributed by atoms with Crippen LogP contribution in [0.1, 0.15) is 52.0 Å². The number of hydrogen-bond donors (Lipinski definition) is 0. The fourth-order valence-corrected chi connectivity index (χ4v) is 5.05. The maximum atomic E-state index is 13.4. The molecule has 0 saturated heterocycles. The van der Waals surface area contributed by atoms with Crippen molar-refractivity contribution in [1.82, 2.24) is 0 Å². The van der Waals surface area contributed by atoms with Crippen LogP contribution < -0.4 is 9.47 Å². The van der Waals surface area contributed by atoms with Crippen LogP contribution in [0.15, 0.2) is 70.9 Å². The van der Waals surface area contributed by atoms with Crippen LogP contribution in [0.3, 0.4) is 0 Å². The number of carbonyl (C=O) groups excluding carboxylic acids is 2. The van der Waals surface area contributed by atoms with Gasteiger partial charge in [0.25, 0.3) is 0 Å². The van der Waals surface area contributed by atoms with Crippen molar-refractivity contribution in [2.45, 2.75) is 46.5 Å². The average Bonchev–Trinajstić information content (AvgIpc) is 2.81. The van der Waals surface area contributed by atoms with E-state index in [-0.39, 0.29) is 24.4 Å². The SMILES string of the molecule is CCOc1ccc([C@@H]2C(C(=O)OCCOc3ccccc3)=C(C)N=C3CC(C)(C)CC(=O)C32)cc1. The molecule has 0 aromatic heterocycles. The highest BCUT2D eigenvalue weighted by Gasteiger charge is 2.47. The third-order valence-corrected chi connectivity index (χ3v) is 6.46. The molecule has 1 heterocycles. The van der Waals surface area contributed by atoms with Gasteiger partial charge in [0.15, 0.2) is 0 Å². The highest BCUT2D eigenvalue weighted by molar-refractivity contribution is 6.12. The Hall–Kier alpha value is -3.41. The van der Waals surface area contributed by atoms with E-state index in [1.54, 1.807) is 0 Å². The summed E-state index contributed by atoms with van der Waals surface area (Å²) < 4.78 is 16.9. The van der Waals surface area contributed by atoms with Crippen LogP contribution in [0.4, 0.5) is 0 Å². The summed E-state index contributed by atoms with van der Waals surface area (Å²) in [6.45, 7) is 8.84. The summed E-state index contributed by atoms with van der Waals surface area (Å²) in [7, 11) is 0. The number of hydrogen-bond acceptors (Lipinski definition) is 6. The third-order valence-electron chi connectivity index (χ3n) is 6.46. The fourth-order valence-electron chi connectivity index (χ4n) is 5.05. The van der Waals surface area contributed by atoms with Gasteiger partial charge in [0.2, 0.25) is 0 Å². The van der Waals surface area contributed by atoms with Crippen molar-refractivity contribution in [3.05, 3.63) is 71.4 Å². The normalized spacial score (nSPS) is 21.1. The average molecular weight is 476 g/mol. The van der Waals surface area contributed by atoms with Gasteiger partial charge in [-0.2, -0.15) is 0 Å². The first-order chi connectivity index (χ1) is 16.8. The Morgan fingerprint density at radius 2 is 1.63 bits per heavy atom. The Labute approximate surface area is 207 Å². The lowest BCUT2D eigenvalue weighted by atomic mass is 9.63. The second-order valence-electron chi connectivity index (χ2n) is 9.84. The van der Waals surface area contributed by atoms with Crippen molar-refractivity contribution in [3.63, 3.8) is 0 Å². The van der Waals surface area contributed by atoms with E-state index in [9.17, 15) is 9.59 Å². The van der Waals surface area contributed by atoms with Crippen molar-refractivity contribution in [1.29, 1.82) is 0 Å². The van der Waals surface area contributed by atoms with Crippen molar-refractivity contribution >= 4 is 17.5 Å². The molecule has 6 heteroatoms. The second-order valence-corrected chi connectivity index (χ2v) is 9.84. The summed E-state index contributed by atoms with van der Waals surface area (Å²) in [4.78, 5) is 31.5. The molecule has 1 saturated carbocycles. The summed E-state index contributed by atoms with van der Waals surface area (Å²) in [5.74, 6) is 0.216. The Kier molecular flexibility index (Phi) is 7.39. The summed E-state index contributed by atoms with van der Waals surface area (Å²) in [5.41, 5.74) is 2.63. The van der Waals surface area contributed by atoms with Gasteiger partial charge < -0.3 is 14.2 Å². The molecule has 2 atom stereocenters. The number of rotatable bonds is 8. The summed E-state index contributed by atoms with van der Waals surface area (Å²) in [5, 5.41) is 0. The highest BCUT2D eigenvalue weighted by Crippen LogP contribution is 2.47. The maximum absolute atomic E-state index is 13.4. The Morgan fingerprint density at radius 1 is 0.943 bits per heavy atom. The smallest absolute Gasteiger partial charge is 0.336 e. The number of nitrogens with zero attached hydrogens (tertiary/aromatic N) is 1. The molecule has 0 bridgehead atoms. The van der Waals surface area contributed by atoms with Gasteiger partial charge in [-0.15, -0.1) is 0 Å². The quantitative estimate of drug-likeness (QED) is 0.371. The van der Waals surface area contributed by atoms with Crippen molar-refractivity contribution in [2.75, 3.05) is 19.8 Å². The summed E-state index contributed by atoms with van der Waals surface area (Å²) in [6.07, 6.45) is 1.18. The second kappa shape index (κ2) is 10.5. The van der Waals surface area contributed by atoms with Crippen molar-refractivity contribution in [2.24, 2.45) is 16.3 Å². The zero-order valence-corrected chi connectivity index (χ0v) is 20.9. The number of carbonyl (C=O) groups is 2. The molecule has 0 radical (unpaired) electrons. The van der Waals surface area contributed by atoms with Gasteiger partial charge in [0, 0.05) is 23.7 Å². The summed E-state index contributed by atoms with van der Waals surface area (Å²) >= 11 is 0. The number of Topliss-reactive ketones (excluding diaryl/α,β-unsaturated/α-hetero) is 1.